The van der Waals surface area contributed by atoms with Crippen LogP contribution in [0.3, 0.4) is 0 Å². The van der Waals surface area contributed by atoms with Crippen LogP contribution in [-0.2, 0) is 20.3 Å². The van der Waals surface area contributed by atoms with Crippen LogP contribution in [0.25, 0.3) is 11.4 Å². The molecule has 148 valence electrons. The number of rotatable bonds is 7. The summed E-state index contributed by atoms with van der Waals surface area (Å²) in [6.07, 6.45) is 6.84. The number of sulfonamides is 1. The molecule has 0 aromatic carbocycles. The summed E-state index contributed by atoms with van der Waals surface area (Å²) in [5, 5.41) is 7.99. The lowest BCUT2D eigenvalue weighted by molar-refractivity contribution is 0.108. The van der Waals surface area contributed by atoms with Crippen LogP contribution in [0.2, 0.25) is 0 Å². The highest BCUT2D eigenvalue weighted by molar-refractivity contribution is 7.89. The second-order valence-corrected chi connectivity index (χ2v) is 10.0. The van der Waals surface area contributed by atoms with Gasteiger partial charge in [0.25, 0.3) is 0 Å². The second kappa shape index (κ2) is 7.98. The van der Waals surface area contributed by atoms with Gasteiger partial charge in [0.1, 0.15) is 5.54 Å². The van der Waals surface area contributed by atoms with E-state index in [2.05, 4.69) is 14.9 Å². The monoisotopic (exact) mass is 411 g/mol. The lowest BCUT2D eigenvalue weighted by atomic mass is 9.82. The van der Waals surface area contributed by atoms with Gasteiger partial charge in [0.15, 0.2) is 0 Å². The highest BCUT2D eigenvalue weighted by Gasteiger charge is 2.42. The molecule has 1 atom stereocenters. The fraction of sp³-hybridized carbons (Fsp3) is 0.667. The third kappa shape index (κ3) is 4.42. The Labute approximate surface area is 163 Å². The summed E-state index contributed by atoms with van der Waals surface area (Å²) in [5.74, 6) is 0.948. The molecule has 0 radical (unpaired) electrons. The molecule has 2 aliphatic rings. The molecule has 1 aliphatic carbocycles. The van der Waals surface area contributed by atoms with Gasteiger partial charge in [-0.1, -0.05) is 24.4 Å². The number of hydrogen-bond acceptors (Lipinski definition) is 7. The molecule has 0 bridgehead atoms. The molecule has 2 aromatic heterocycles. The molecule has 0 amide bonds. The van der Waals surface area contributed by atoms with Crippen molar-refractivity contribution in [2.45, 2.75) is 63.0 Å². The lowest BCUT2D eigenvalue weighted by Gasteiger charge is -2.34. The van der Waals surface area contributed by atoms with Crippen LogP contribution in [-0.4, -0.2) is 37.0 Å². The number of ether oxygens (including phenoxy) is 1. The predicted octanol–water partition coefficient (Wildman–Crippen LogP) is 3.45. The number of thiophene rings is 1. The van der Waals surface area contributed by atoms with Gasteiger partial charge < -0.3 is 9.26 Å². The minimum Gasteiger partial charge on any atom is -0.378 e. The third-order valence-corrected chi connectivity index (χ3v) is 7.56. The molecule has 1 saturated carbocycles. The number of nitrogens with one attached hydrogen (secondary N) is 1. The third-order valence-electron chi connectivity index (χ3n) is 5.41. The van der Waals surface area contributed by atoms with Gasteiger partial charge in [0.05, 0.1) is 11.9 Å². The summed E-state index contributed by atoms with van der Waals surface area (Å²) in [7, 11) is -3.48. The van der Waals surface area contributed by atoms with Gasteiger partial charge in [-0.2, -0.15) is 21.0 Å². The van der Waals surface area contributed by atoms with Crippen molar-refractivity contribution in [2.75, 3.05) is 12.4 Å². The molecular formula is C18H25N3O4S2. The Morgan fingerprint density at radius 2 is 2.11 bits per heavy atom. The molecule has 1 aliphatic heterocycles. The summed E-state index contributed by atoms with van der Waals surface area (Å²) in [6.45, 7) is 0.732. The minimum atomic E-state index is -3.48. The first kappa shape index (κ1) is 19.0. The Morgan fingerprint density at radius 1 is 1.26 bits per heavy atom. The van der Waals surface area contributed by atoms with E-state index in [0.29, 0.717) is 31.0 Å². The molecule has 2 aromatic rings. The molecular weight excluding hydrogens is 386 g/mol. The van der Waals surface area contributed by atoms with Gasteiger partial charge in [-0.15, -0.1) is 0 Å². The summed E-state index contributed by atoms with van der Waals surface area (Å²) >= 11 is 1.56. The Morgan fingerprint density at radius 3 is 2.81 bits per heavy atom. The Hall–Kier alpha value is -1.29. The second-order valence-electron chi connectivity index (χ2n) is 7.42. The summed E-state index contributed by atoms with van der Waals surface area (Å²) in [5.41, 5.74) is 0.0942. The van der Waals surface area contributed by atoms with Crippen LogP contribution in [0.15, 0.2) is 21.3 Å². The summed E-state index contributed by atoms with van der Waals surface area (Å²) < 4.78 is 39.7. The van der Waals surface area contributed by atoms with Crippen molar-refractivity contribution in [3.8, 4) is 11.4 Å². The van der Waals surface area contributed by atoms with Crippen molar-refractivity contribution < 1.29 is 17.7 Å². The largest absolute Gasteiger partial charge is 0.378 e. The zero-order valence-corrected chi connectivity index (χ0v) is 16.9. The van der Waals surface area contributed by atoms with Crippen molar-refractivity contribution in [3.05, 3.63) is 22.7 Å². The first-order chi connectivity index (χ1) is 13.1. The molecule has 7 nitrogen and oxygen atoms in total. The normalized spacial score (nSPS) is 22.9. The van der Waals surface area contributed by atoms with Crippen LogP contribution < -0.4 is 4.72 Å². The van der Waals surface area contributed by atoms with Crippen molar-refractivity contribution in [1.29, 1.82) is 0 Å². The van der Waals surface area contributed by atoms with E-state index in [-0.39, 0.29) is 11.9 Å². The average molecular weight is 412 g/mol. The SMILES string of the molecule is O=S(=O)(CC[C@@H]1CCCO1)NC1(c2nc(-c3ccsc3)no2)CCCCC1. The van der Waals surface area contributed by atoms with Gasteiger partial charge >= 0.3 is 0 Å². The molecule has 3 heterocycles. The van der Waals surface area contributed by atoms with E-state index in [9.17, 15) is 8.42 Å². The molecule has 1 N–H and O–H groups in total. The zero-order valence-electron chi connectivity index (χ0n) is 15.2. The first-order valence-electron chi connectivity index (χ1n) is 9.56. The molecule has 9 heteroatoms. The number of hydrogen-bond donors (Lipinski definition) is 1. The topological polar surface area (TPSA) is 94.3 Å². The minimum absolute atomic E-state index is 0.0532. The number of nitrogens with zero attached hydrogens (tertiary/aromatic N) is 2. The molecule has 27 heavy (non-hydrogen) atoms. The molecule has 4 rings (SSSR count). The fourth-order valence-electron chi connectivity index (χ4n) is 3.95. The van der Waals surface area contributed by atoms with Gasteiger partial charge in [-0.05, 0) is 43.6 Å². The van der Waals surface area contributed by atoms with Gasteiger partial charge in [-0.25, -0.2) is 8.42 Å². The van der Waals surface area contributed by atoms with E-state index in [1.54, 1.807) is 11.3 Å². The van der Waals surface area contributed by atoms with Crippen molar-refractivity contribution >= 4 is 21.4 Å². The lowest BCUT2D eigenvalue weighted by Crippen LogP contribution is -2.48. The predicted molar refractivity (Wildman–Crippen MR) is 103 cm³/mol. The first-order valence-corrected chi connectivity index (χ1v) is 12.2. The van der Waals surface area contributed by atoms with E-state index in [1.165, 1.54) is 0 Å². The Bertz CT molecular complexity index is 836. The molecule has 1 saturated heterocycles. The van der Waals surface area contributed by atoms with E-state index >= 15 is 0 Å². The maximum Gasteiger partial charge on any atom is 0.248 e. The van der Waals surface area contributed by atoms with Crippen LogP contribution in [0.5, 0.6) is 0 Å². The summed E-state index contributed by atoms with van der Waals surface area (Å²) in [4.78, 5) is 4.55. The Kier molecular flexibility index (Phi) is 5.63. The van der Waals surface area contributed by atoms with Crippen molar-refractivity contribution in [3.63, 3.8) is 0 Å². The van der Waals surface area contributed by atoms with Crippen LogP contribution >= 0.6 is 11.3 Å². The highest BCUT2D eigenvalue weighted by atomic mass is 32.2. The average Bonchev–Trinajstić information content (AvgIpc) is 3.42. The molecule has 0 spiro atoms. The maximum atomic E-state index is 12.8. The fourth-order valence-corrected chi connectivity index (χ4v) is 6.15. The smallest absolute Gasteiger partial charge is 0.248 e. The molecule has 2 fully saturated rings. The molecule has 0 unspecified atom stereocenters. The van der Waals surface area contributed by atoms with Crippen molar-refractivity contribution in [2.24, 2.45) is 0 Å². The van der Waals surface area contributed by atoms with E-state index in [4.69, 9.17) is 9.26 Å². The highest BCUT2D eigenvalue weighted by Crippen LogP contribution is 2.38. The van der Waals surface area contributed by atoms with Gasteiger partial charge in [0, 0.05) is 17.6 Å². The van der Waals surface area contributed by atoms with E-state index < -0.39 is 15.6 Å². The van der Waals surface area contributed by atoms with E-state index in [1.807, 2.05) is 16.8 Å². The van der Waals surface area contributed by atoms with Crippen molar-refractivity contribution in [1.82, 2.24) is 14.9 Å². The summed E-state index contributed by atoms with van der Waals surface area (Å²) in [6, 6.07) is 1.93. The van der Waals surface area contributed by atoms with Crippen LogP contribution in [0.1, 0.15) is 57.3 Å². The quantitative estimate of drug-likeness (QED) is 0.750. The maximum absolute atomic E-state index is 12.8. The van der Waals surface area contributed by atoms with Crippen LogP contribution in [0.4, 0.5) is 0 Å². The van der Waals surface area contributed by atoms with Crippen LogP contribution in [0, 0.1) is 0 Å². The van der Waals surface area contributed by atoms with Gasteiger partial charge in [0.2, 0.25) is 21.7 Å². The zero-order chi connectivity index (χ0) is 18.7. The number of aromatic nitrogens is 2. The Balaban J connectivity index is 1.53. The standard InChI is InChI=1S/C18H25N3O4S2/c22-27(23,12-7-15-5-4-10-24-15)21-18(8-2-1-3-9-18)17-19-16(20-25-17)14-6-11-26-13-14/h6,11,13,15,21H,1-5,7-10,12H2/t15-/m0/s1. The van der Waals surface area contributed by atoms with E-state index in [0.717, 1.165) is 44.3 Å². The van der Waals surface area contributed by atoms with Gasteiger partial charge in [-0.3, -0.25) is 0 Å².